The summed E-state index contributed by atoms with van der Waals surface area (Å²) < 4.78 is 16.9. The molecule has 9 nitrogen and oxygen atoms in total. The lowest BCUT2D eigenvalue weighted by atomic mass is 9.70. The van der Waals surface area contributed by atoms with Crippen molar-refractivity contribution in [1.82, 2.24) is 4.90 Å². The number of hydrogen-bond acceptors (Lipinski definition) is 7. The third-order valence-electron chi connectivity index (χ3n) is 7.22. The Morgan fingerprint density at radius 2 is 2.09 bits per heavy atom. The smallest absolute Gasteiger partial charge is 0.312 e. The highest BCUT2D eigenvalue weighted by atomic mass is 79.9. The third kappa shape index (κ3) is 3.95. The monoisotopic (exact) mass is 550 g/mol. The molecule has 3 fully saturated rings. The van der Waals surface area contributed by atoms with Gasteiger partial charge in [-0.05, 0) is 44.5 Å². The van der Waals surface area contributed by atoms with Gasteiger partial charge in [0.1, 0.15) is 17.4 Å². The second-order valence-corrected chi connectivity index (χ2v) is 10.3. The first kappa shape index (κ1) is 25.7. The molecule has 2 amide bonds. The molecule has 3 heterocycles. The second-order valence-electron chi connectivity index (χ2n) is 9.13. The summed E-state index contributed by atoms with van der Waals surface area (Å²) in [5, 5.41) is 9.98. The number of benzene rings is 1. The van der Waals surface area contributed by atoms with Crippen LogP contribution in [0.3, 0.4) is 0 Å². The molecule has 0 radical (unpaired) electrons. The summed E-state index contributed by atoms with van der Waals surface area (Å²) in [6.45, 7) is 7.21. The molecular weight excluding hydrogens is 520 g/mol. The Hall–Kier alpha value is -2.43. The van der Waals surface area contributed by atoms with E-state index in [0.29, 0.717) is 17.9 Å². The molecule has 1 aromatic carbocycles. The minimum absolute atomic E-state index is 0.173. The Bertz CT molecular complexity index is 1000. The first-order valence-electron chi connectivity index (χ1n) is 11.7. The Balaban J connectivity index is 1.80. The zero-order chi connectivity index (χ0) is 25.5. The van der Waals surface area contributed by atoms with Gasteiger partial charge >= 0.3 is 5.97 Å². The lowest BCUT2D eigenvalue weighted by molar-refractivity contribution is -0.155. The highest BCUT2D eigenvalue weighted by Crippen LogP contribution is 2.60. The summed E-state index contributed by atoms with van der Waals surface area (Å²) in [4.78, 5) is 43.7. The fraction of sp³-hybridized carbons (Fsp3) is 0.560. The largest absolute Gasteiger partial charge is 0.497 e. The maximum Gasteiger partial charge on any atom is 0.312 e. The van der Waals surface area contributed by atoms with Crippen LogP contribution in [-0.2, 0) is 23.9 Å². The number of nitrogens with zero attached hydrogens (tertiary/aromatic N) is 2. The molecule has 0 aliphatic carbocycles. The van der Waals surface area contributed by atoms with E-state index in [1.54, 1.807) is 51.3 Å². The van der Waals surface area contributed by atoms with Crippen molar-refractivity contribution in [3.63, 3.8) is 0 Å². The number of likely N-dealkylation sites (tertiary alicyclic amines) is 1. The second kappa shape index (κ2) is 9.91. The van der Waals surface area contributed by atoms with E-state index in [1.165, 1.54) is 9.80 Å². The van der Waals surface area contributed by atoms with Gasteiger partial charge in [0.05, 0.1) is 44.3 Å². The Kier molecular flexibility index (Phi) is 7.26. The molecule has 3 unspecified atom stereocenters. The number of esters is 1. The summed E-state index contributed by atoms with van der Waals surface area (Å²) in [5.74, 6) is -2.31. The number of hydrogen-bond donors (Lipinski definition) is 1. The lowest BCUT2D eigenvalue weighted by Gasteiger charge is -2.38. The summed E-state index contributed by atoms with van der Waals surface area (Å²) in [6, 6.07) is 5.32. The molecule has 4 rings (SSSR count). The molecule has 3 aliphatic heterocycles. The van der Waals surface area contributed by atoms with Crippen LogP contribution in [0, 0.1) is 11.8 Å². The first-order chi connectivity index (χ1) is 16.7. The van der Waals surface area contributed by atoms with Crippen LogP contribution < -0.4 is 9.64 Å². The maximum absolute atomic E-state index is 14.3. The van der Waals surface area contributed by atoms with E-state index >= 15 is 0 Å². The molecule has 3 saturated heterocycles. The van der Waals surface area contributed by atoms with Crippen molar-refractivity contribution in [2.75, 3.05) is 31.8 Å². The average molecular weight is 551 g/mol. The van der Waals surface area contributed by atoms with Crippen LogP contribution in [0.25, 0.3) is 0 Å². The SMILES string of the molecule is C=CCN(C(=O)C1N([C@H](C)CO)C(=O)[C@@H]2[C@@H](C(=O)OCC)[C@@H]3OC12CC3Br)c1ccc(OC)cc1. The van der Waals surface area contributed by atoms with Gasteiger partial charge in [0, 0.05) is 17.1 Å². The maximum atomic E-state index is 14.3. The normalized spacial score (nSPS) is 31.7. The van der Waals surface area contributed by atoms with Crippen LogP contribution in [0.5, 0.6) is 5.75 Å². The molecular formula is C25H31BrN2O7. The van der Waals surface area contributed by atoms with Crippen LogP contribution in [0.1, 0.15) is 20.3 Å². The Labute approximate surface area is 213 Å². The van der Waals surface area contributed by atoms with Gasteiger partial charge in [-0.2, -0.15) is 0 Å². The standard InChI is InChI=1S/C25H31BrN2O7/c1-5-11-27(15-7-9-16(33-4)10-8-15)23(31)21-25-12-17(26)20(35-25)18(24(32)34-6-2)19(25)22(30)28(21)14(3)13-29/h5,7-10,14,17-21,29H,1,6,11-13H2,2-4H3/t14-,17?,18-,19+,20-,21?,25?/m1/s1. The number of carbonyl (C=O) groups excluding carboxylic acids is 3. The predicted octanol–water partition coefficient (Wildman–Crippen LogP) is 1.91. The number of aliphatic hydroxyl groups excluding tert-OH is 1. The minimum atomic E-state index is -1.22. The fourth-order valence-corrected chi connectivity index (χ4v) is 6.72. The molecule has 0 aromatic heterocycles. The highest BCUT2D eigenvalue weighted by molar-refractivity contribution is 9.09. The van der Waals surface area contributed by atoms with Crippen molar-refractivity contribution in [3.8, 4) is 5.75 Å². The molecule has 35 heavy (non-hydrogen) atoms. The van der Waals surface area contributed by atoms with E-state index in [1.807, 2.05) is 0 Å². The molecule has 1 aromatic rings. The zero-order valence-corrected chi connectivity index (χ0v) is 21.6. The molecule has 1 spiro atoms. The number of methoxy groups -OCH3 is 1. The van der Waals surface area contributed by atoms with E-state index in [2.05, 4.69) is 22.5 Å². The number of fused-ring (bicyclic) bond motifs is 1. The van der Waals surface area contributed by atoms with E-state index in [-0.39, 0.29) is 36.4 Å². The number of anilines is 1. The van der Waals surface area contributed by atoms with Crippen LogP contribution in [-0.4, -0.2) is 83.3 Å². The van der Waals surface area contributed by atoms with Gasteiger partial charge in [0.25, 0.3) is 5.91 Å². The van der Waals surface area contributed by atoms with Gasteiger partial charge < -0.3 is 29.1 Å². The van der Waals surface area contributed by atoms with Crippen LogP contribution in [0.2, 0.25) is 0 Å². The quantitative estimate of drug-likeness (QED) is 0.284. The van der Waals surface area contributed by atoms with Crippen molar-refractivity contribution >= 4 is 39.4 Å². The first-order valence-corrected chi connectivity index (χ1v) is 12.6. The number of carbonyl (C=O) groups is 3. The van der Waals surface area contributed by atoms with Gasteiger partial charge in [-0.15, -0.1) is 6.58 Å². The highest BCUT2D eigenvalue weighted by Gasteiger charge is 2.77. The van der Waals surface area contributed by atoms with E-state index in [9.17, 15) is 19.5 Å². The van der Waals surface area contributed by atoms with Crippen LogP contribution in [0.15, 0.2) is 36.9 Å². The number of aliphatic hydroxyl groups is 1. The van der Waals surface area contributed by atoms with Gasteiger partial charge in [-0.3, -0.25) is 14.4 Å². The Morgan fingerprint density at radius 3 is 2.66 bits per heavy atom. The van der Waals surface area contributed by atoms with Crippen molar-refractivity contribution in [1.29, 1.82) is 0 Å². The van der Waals surface area contributed by atoms with Gasteiger partial charge in [-0.1, -0.05) is 22.0 Å². The van der Waals surface area contributed by atoms with E-state index < -0.39 is 41.6 Å². The number of ether oxygens (including phenoxy) is 3. The van der Waals surface area contributed by atoms with Gasteiger partial charge in [0.15, 0.2) is 0 Å². The number of halogens is 1. The molecule has 10 heteroatoms. The minimum Gasteiger partial charge on any atom is -0.497 e. The van der Waals surface area contributed by atoms with Crippen molar-refractivity contribution in [2.24, 2.45) is 11.8 Å². The van der Waals surface area contributed by atoms with Crippen molar-refractivity contribution < 1.29 is 33.7 Å². The van der Waals surface area contributed by atoms with E-state index in [0.717, 1.165) is 0 Å². The van der Waals surface area contributed by atoms with Crippen molar-refractivity contribution in [2.45, 2.75) is 48.9 Å². The van der Waals surface area contributed by atoms with Gasteiger partial charge in [-0.25, -0.2) is 0 Å². The van der Waals surface area contributed by atoms with Crippen LogP contribution in [0.4, 0.5) is 5.69 Å². The fourth-order valence-electron chi connectivity index (χ4n) is 5.78. The average Bonchev–Trinajstić information content (AvgIpc) is 3.45. The molecule has 7 atom stereocenters. The predicted molar refractivity (Wildman–Crippen MR) is 131 cm³/mol. The molecule has 190 valence electrons. The number of amides is 2. The summed E-state index contributed by atoms with van der Waals surface area (Å²) in [7, 11) is 1.56. The summed E-state index contributed by atoms with van der Waals surface area (Å²) in [6.07, 6.45) is 1.40. The van der Waals surface area contributed by atoms with Gasteiger partial charge in [0.2, 0.25) is 5.91 Å². The molecule has 1 N–H and O–H groups in total. The summed E-state index contributed by atoms with van der Waals surface area (Å²) >= 11 is 3.62. The lowest BCUT2D eigenvalue weighted by Crippen LogP contribution is -2.58. The van der Waals surface area contributed by atoms with Crippen LogP contribution >= 0.6 is 15.9 Å². The molecule has 3 aliphatic rings. The summed E-state index contributed by atoms with van der Waals surface area (Å²) in [5.41, 5.74) is -0.621. The van der Waals surface area contributed by atoms with E-state index in [4.69, 9.17) is 14.2 Å². The topological polar surface area (TPSA) is 106 Å². The molecule has 2 bridgehead atoms. The number of rotatable bonds is 9. The molecule has 0 saturated carbocycles. The number of alkyl halides is 1. The zero-order valence-electron chi connectivity index (χ0n) is 20.1. The third-order valence-corrected chi connectivity index (χ3v) is 8.07. The Morgan fingerprint density at radius 1 is 1.40 bits per heavy atom. The van der Waals surface area contributed by atoms with Crippen molar-refractivity contribution in [3.05, 3.63) is 36.9 Å².